The Morgan fingerprint density at radius 2 is 1.29 bits per heavy atom. The zero-order chi connectivity index (χ0) is 27.8. The number of ether oxygens (including phenoxy) is 2. The summed E-state index contributed by atoms with van der Waals surface area (Å²) in [6, 6.07) is 40.8. The van der Waals surface area contributed by atoms with Gasteiger partial charge in [-0.05, 0) is 60.0 Å². The topological polar surface area (TPSA) is 44.2 Å². The first-order valence-corrected chi connectivity index (χ1v) is 13.6. The van der Waals surface area contributed by atoms with Crippen LogP contribution in [0.15, 0.2) is 116 Å². The number of hydrogen-bond acceptors (Lipinski definition) is 4. The molecule has 8 rings (SSSR count). The number of fused-ring (bicyclic) bond motifs is 4. The number of benzene rings is 4. The number of hydrogen-bond donors (Lipinski definition) is 0. The Hall–Kier alpha value is -4.51. The molecule has 0 aliphatic carbocycles. The minimum absolute atomic E-state index is 0. The fourth-order valence-corrected chi connectivity index (χ4v) is 5.33. The predicted octanol–water partition coefficient (Wildman–Crippen LogP) is 6.44. The molecule has 2 aliphatic heterocycles. The van der Waals surface area contributed by atoms with Crippen molar-refractivity contribution in [2.24, 2.45) is 0 Å². The number of aryl methyl sites for hydroxylation is 2. The summed E-state index contributed by atoms with van der Waals surface area (Å²) in [4.78, 5) is 8.92. The molecule has 42 heavy (non-hydrogen) atoms. The molecule has 4 nitrogen and oxygen atoms in total. The van der Waals surface area contributed by atoms with Crippen LogP contribution in [-0.2, 0) is 20.1 Å². The van der Waals surface area contributed by atoms with Crippen LogP contribution in [0.25, 0.3) is 22.5 Å². The maximum absolute atomic E-state index is 6.40. The van der Waals surface area contributed by atoms with E-state index in [0.717, 1.165) is 67.5 Å². The van der Waals surface area contributed by atoms with E-state index in [0.29, 0.717) is 0 Å². The van der Waals surface area contributed by atoms with E-state index >= 15 is 0 Å². The van der Waals surface area contributed by atoms with Gasteiger partial charge in [0.2, 0.25) is 6.71 Å². The standard InChI is InChI=1S/C24H15BNO2.C12H10N.Ir/c1-15-12-13-19(26-14-15)16-6-4-8-18-24(16)28-22-11-5-10-21-23(22)25(18)17-7-2-3-9-20(17)27-21;1-10-7-8-12(13-9-10)11-5-3-2-4-6-11;/h2-5,7-14H,1H3;2-5,7-9H,1H3;/q2*-1;. The molecule has 2 aliphatic rings. The summed E-state index contributed by atoms with van der Waals surface area (Å²) in [6.45, 7) is 4.14. The van der Waals surface area contributed by atoms with Crippen LogP contribution in [0.3, 0.4) is 0 Å². The third-order valence-electron chi connectivity index (χ3n) is 7.33. The van der Waals surface area contributed by atoms with Gasteiger partial charge in [0.25, 0.3) is 0 Å². The molecule has 0 spiro atoms. The fraction of sp³-hybridized carbons (Fsp3) is 0.0556. The van der Waals surface area contributed by atoms with Crippen LogP contribution in [0, 0.1) is 26.0 Å². The molecule has 1 radical (unpaired) electrons. The van der Waals surface area contributed by atoms with E-state index in [1.54, 1.807) is 0 Å². The summed E-state index contributed by atoms with van der Waals surface area (Å²) < 4.78 is 12.6. The Bertz CT molecular complexity index is 1860. The molecule has 4 heterocycles. The van der Waals surface area contributed by atoms with E-state index in [9.17, 15) is 0 Å². The van der Waals surface area contributed by atoms with Crippen molar-refractivity contribution < 1.29 is 29.6 Å². The van der Waals surface area contributed by atoms with Gasteiger partial charge in [-0.2, -0.15) is 0 Å². The molecule has 0 saturated carbocycles. The third-order valence-corrected chi connectivity index (χ3v) is 7.33. The summed E-state index contributed by atoms with van der Waals surface area (Å²) in [5, 5.41) is 0. The maximum atomic E-state index is 6.40. The van der Waals surface area contributed by atoms with Crippen LogP contribution in [0.5, 0.6) is 23.0 Å². The Labute approximate surface area is 259 Å². The predicted molar refractivity (Wildman–Crippen MR) is 164 cm³/mol. The van der Waals surface area contributed by atoms with Gasteiger partial charge in [0, 0.05) is 43.7 Å². The largest absolute Gasteiger partial charge is 0.503 e. The zero-order valence-corrected chi connectivity index (χ0v) is 25.5. The molecular weight excluding hydrogens is 695 g/mol. The van der Waals surface area contributed by atoms with Gasteiger partial charge in [0.1, 0.15) is 17.2 Å². The monoisotopic (exact) mass is 721 g/mol. The third kappa shape index (κ3) is 5.16. The Balaban J connectivity index is 0.000000191. The van der Waals surface area contributed by atoms with Crippen molar-refractivity contribution in [2.75, 3.05) is 0 Å². The molecule has 0 atom stereocenters. The number of rotatable bonds is 2. The van der Waals surface area contributed by atoms with E-state index in [1.165, 1.54) is 5.56 Å². The first kappa shape index (κ1) is 27.7. The van der Waals surface area contributed by atoms with Crippen LogP contribution in [0.1, 0.15) is 11.1 Å². The van der Waals surface area contributed by atoms with Gasteiger partial charge in [0.05, 0.1) is 0 Å². The number of nitrogens with zero attached hydrogens (tertiary/aromatic N) is 2. The van der Waals surface area contributed by atoms with Crippen LogP contribution >= 0.6 is 0 Å². The second-order valence-corrected chi connectivity index (χ2v) is 10.2. The van der Waals surface area contributed by atoms with Crippen LogP contribution in [0.2, 0.25) is 0 Å². The van der Waals surface area contributed by atoms with Crippen molar-refractivity contribution in [1.29, 1.82) is 0 Å². The molecular formula is C36H25BIrN2O2-2. The molecule has 0 bridgehead atoms. The first-order chi connectivity index (χ1) is 20.2. The van der Waals surface area contributed by atoms with Crippen molar-refractivity contribution >= 4 is 23.1 Å². The van der Waals surface area contributed by atoms with Crippen molar-refractivity contribution in [3.8, 4) is 45.5 Å². The molecule has 6 heteroatoms. The quantitative estimate of drug-likeness (QED) is 0.153. The van der Waals surface area contributed by atoms with Crippen LogP contribution < -0.4 is 25.9 Å². The van der Waals surface area contributed by atoms with Gasteiger partial charge in [0.15, 0.2) is 0 Å². The zero-order valence-electron chi connectivity index (χ0n) is 23.1. The van der Waals surface area contributed by atoms with Crippen molar-refractivity contribution in [2.45, 2.75) is 13.8 Å². The first-order valence-electron chi connectivity index (χ1n) is 13.6. The van der Waals surface area contributed by atoms with Gasteiger partial charge >= 0.3 is 0 Å². The van der Waals surface area contributed by atoms with Crippen molar-refractivity contribution in [3.05, 3.63) is 139 Å². The molecule has 0 fully saturated rings. The molecule has 0 saturated heterocycles. The molecule has 6 aromatic rings. The molecule has 205 valence electrons. The van der Waals surface area contributed by atoms with E-state index in [-0.39, 0.29) is 26.8 Å². The Kier molecular flexibility index (Phi) is 7.75. The second kappa shape index (κ2) is 11.8. The second-order valence-electron chi connectivity index (χ2n) is 10.2. The smallest absolute Gasteiger partial charge is 0.241 e. The maximum Gasteiger partial charge on any atom is 0.241 e. The van der Waals surface area contributed by atoms with Gasteiger partial charge in [-0.1, -0.05) is 54.1 Å². The van der Waals surface area contributed by atoms with E-state index < -0.39 is 0 Å². The van der Waals surface area contributed by atoms with Crippen molar-refractivity contribution in [3.63, 3.8) is 0 Å². The summed E-state index contributed by atoms with van der Waals surface area (Å²) in [5.74, 6) is 3.41. The van der Waals surface area contributed by atoms with Crippen molar-refractivity contribution in [1.82, 2.24) is 9.97 Å². The summed E-state index contributed by atoms with van der Waals surface area (Å²) >= 11 is 0. The fourth-order valence-electron chi connectivity index (χ4n) is 5.33. The van der Waals surface area contributed by atoms with Gasteiger partial charge in [-0.3, -0.25) is 0 Å². The number of aromatic nitrogens is 2. The van der Waals surface area contributed by atoms with Crippen LogP contribution in [-0.4, -0.2) is 16.7 Å². The SMILES string of the molecule is Cc1ccc(-c2[c-]ccc3c2Oc2cccc4c2B3c2ccccc2O4)nc1.Cc1ccc(-c2[c-]cccc2)nc1.[Ir]. The molecule has 0 unspecified atom stereocenters. The number of pyridine rings is 2. The van der Waals surface area contributed by atoms with Gasteiger partial charge < -0.3 is 19.4 Å². The molecule has 0 N–H and O–H groups in total. The van der Waals surface area contributed by atoms with Crippen LogP contribution in [0.4, 0.5) is 0 Å². The molecule has 0 amide bonds. The van der Waals surface area contributed by atoms with E-state index in [1.807, 2.05) is 99.0 Å². The van der Waals surface area contributed by atoms with Gasteiger partial charge in [-0.25, -0.2) is 0 Å². The summed E-state index contributed by atoms with van der Waals surface area (Å²) in [6.07, 6.45) is 3.75. The minimum Gasteiger partial charge on any atom is -0.503 e. The Morgan fingerprint density at radius 3 is 2.00 bits per heavy atom. The van der Waals surface area contributed by atoms with E-state index in [4.69, 9.17) is 9.47 Å². The average Bonchev–Trinajstić information content (AvgIpc) is 3.02. The normalized spacial score (nSPS) is 11.7. The molecule has 2 aromatic heterocycles. The molecule has 4 aromatic carbocycles. The minimum atomic E-state index is 0. The summed E-state index contributed by atoms with van der Waals surface area (Å²) in [5.41, 5.74) is 9.44. The van der Waals surface area contributed by atoms with Gasteiger partial charge in [-0.15, -0.1) is 59.6 Å². The summed E-state index contributed by atoms with van der Waals surface area (Å²) in [7, 11) is 0. The Morgan fingerprint density at radius 1 is 0.595 bits per heavy atom. The average molecular weight is 721 g/mol. The number of para-hydroxylation sites is 1. The van der Waals surface area contributed by atoms with E-state index in [2.05, 4.69) is 52.4 Å².